The molecule has 0 radical (unpaired) electrons. The molecule has 0 saturated carbocycles. The standard InChI is InChI=1S/C9H16O2/c1-4-5-6-9(10)11-7-8(2)3/h7H,4-6H2,1-3H3. The third-order valence-corrected chi connectivity index (χ3v) is 1.16. The van der Waals surface area contributed by atoms with Crippen molar-refractivity contribution in [1.82, 2.24) is 0 Å². The van der Waals surface area contributed by atoms with Crippen LogP contribution in [0.4, 0.5) is 0 Å². The summed E-state index contributed by atoms with van der Waals surface area (Å²) in [6.07, 6.45) is 3.97. The molecule has 0 saturated heterocycles. The number of rotatable bonds is 4. The van der Waals surface area contributed by atoms with Crippen molar-refractivity contribution in [2.75, 3.05) is 0 Å². The topological polar surface area (TPSA) is 26.3 Å². The minimum Gasteiger partial charge on any atom is -0.435 e. The van der Waals surface area contributed by atoms with Gasteiger partial charge in [0.2, 0.25) is 0 Å². The second kappa shape index (κ2) is 5.96. The summed E-state index contributed by atoms with van der Waals surface area (Å²) >= 11 is 0. The van der Waals surface area contributed by atoms with Crippen molar-refractivity contribution in [3.8, 4) is 0 Å². The monoisotopic (exact) mass is 156 g/mol. The zero-order chi connectivity index (χ0) is 8.69. The first-order valence-electron chi connectivity index (χ1n) is 3.99. The number of carbonyl (C=O) groups excluding carboxylic acids is 1. The van der Waals surface area contributed by atoms with Crippen LogP contribution in [0.5, 0.6) is 0 Å². The Morgan fingerprint density at radius 2 is 2.09 bits per heavy atom. The Morgan fingerprint density at radius 1 is 1.45 bits per heavy atom. The van der Waals surface area contributed by atoms with Crippen LogP contribution >= 0.6 is 0 Å². The van der Waals surface area contributed by atoms with Crippen molar-refractivity contribution >= 4 is 5.97 Å². The van der Waals surface area contributed by atoms with Crippen LogP contribution in [0.3, 0.4) is 0 Å². The average molecular weight is 156 g/mol. The molecule has 0 aromatic heterocycles. The van der Waals surface area contributed by atoms with Gasteiger partial charge in [0.1, 0.15) is 0 Å². The van der Waals surface area contributed by atoms with Gasteiger partial charge in [-0.25, -0.2) is 0 Å². The van der Waals surface area contributed by atoms with Gasteiger partial charge in [0, 0.05) is 6.42 Å². The number of carbonyl (C=O) groups is 1. The minimum absolute atomic E-state index is 0.131. The Bertz CT molecular complexity index is 144. The molecule has 2 heteroatoms. The van der Waals surface area contributed by atoms with Crippen molar-refractivity contribution in [3.63, 3.8) is 0 Å². The molecular weight excluding hydrogens is 140 g/mol. The lowest BCUT2D eigenvalue weighted by Crippen LogP contribution is -1.98. The number of ether oxygens (including phenoxy) is 1. The van der Waals surface area contributed by atoms with Gasteiger partial charge in [-0.05, 0) is 25.8 Å². The number of allylic oxidation sites excluding steroid dienone is 1. The Balaban J connectivity index is 3.45. The van der Waals surface area contributed by atoms with E-state index in [1.807, 2.05) is 20.8 Å². The first kappa shape index (κ1) is 10.2. The Morgan fingerprint density at radius 3 is 2.55 bits per heavy atom. The second-order valence-electron chi connectivity index (χ2n) is 2.79. The Labute approximate surface area is 68.2 Å². The van der Waals surface area contributed by atoms with Crippen molar-refractivity contribution in [1.29, 1.82) is 0 Å². The maximum absolute atomic E-state index is 10.8. The summed E-state index contributed by atoms with van der Waals surface area (Å²) < 4.78 is 4.80. The van der Waals surface area contributed by atoms with Gasteiger partial charge in [-0.2, -0.15) is 0 Å². The molecular formula is C9H16O2. The van der Waals surface area contributed by atoms with E-state index in [2.05, 4.69) is 0 Å². The highest BCUT2D eigenvalue weighted by Gasteiger charge is 1.98. The van der Waals surface area contributed by atoms with E-state index in [4.69, 9.17) is 4.74 Å². The zero-order valence-corrected chi connectivity index (χ0v) is 7.52. The largest absolute Gasteiger partial charge is 0.435 e. The third-order valence-electron chi connectivity index (χ3n) is 1.16. The summed E-state index contributed by atoms with van der Waals surface area (Å²) in [5, 5.41) is 0. The van der Waals surface area contributed by atoms with Crippen LogP contribution in [-0.4, -0.2) is 5.97 Å². The minimum atomic E-state index is -0.131. The van der Waals surface area contributed by atoms with Crippen LogP contribution in [0, 0.1) is 0 Å². The highest BCUT2D eigenvalue weighted by molar-refractivity contribution is 5.69. The fourth-order valence-electron chi connectivity index (χ4n) is 0.564. The summed E-state index contributed by atoms with van der Waals surface area (Å²) in [5.74, 6) is -0.131. The van der Waals surface area contributed by atoms with Crippen LogP contribution in [0.25, 0.3) is 0 Å². The molecule has 0 aliphatic heterocycles. The first-order valence-corrected chi connectivity index (χ1v) is 3.99. The highest BCUT2D eigenvalue weighted by Crippen LogP contribution is 1.98. The quantitative estimate of drug-likeness (QED) is 0.462. The van der Waals surface area contributed by atoms with E-state index in [1.165, 1.54) is 6.26 Å². The SMILES string of the molecule is CCCCC(=O)OC=C(C)C. The molecule has 0 aliphatic rings. The van der Waals surface area contributed by atoms with Gasteiger partial charge in [-0.3, -0.25) is 4.79 Å². The summed E-state index contributed by atoms with van der Waals surface area (Å²) in [6.45, 7) is 5.84. The fraction of sp³-hybridized carbons (Fsp3) is 0.667. The maximum atomic E-state index is 10.8. The van der Waals surface area contributed by atoms with Gasteiger partial charge < -0.3 is 4.74 Å². The highest BCUT2D eigenvalue weighted by atomic mass is 16.5. The van der Waals surface area contributed by atoms with Crippen LogP contribution < -0.4 is 0 Å². The molecule has 2 nitrogen and oxygen atoms in total. The van der Waals surface area contributed by atoms with Crippen molar-refractivity contribution in [2.45, 2.75) is 40.0 Å². The van der Waals surface area contributed by atoms with Gasteiger partial charge in [-0.1, -0.05) is 13.3 Å². The molecule has 0 spiro atoms. The van der Waals surface area contributed by atoms with Gasteiger partial charge >= 0.3 is 5.97 Å². The van der Waals surface area contributed by atoms with Gasteiger partial charge in [-0.15, -0.1) is 0 Å². The number of esters is 1. The zero-order valence-electron chi connectivity index (χ0n) is 7.52. The molecule has 0 atom stereocenters. The van der Waals surface area contributed by atoms with Gasteiger partial charge in [0.05, 0.1) is 6.26 Å². The fourth-order valence-corrected chi connectivity index (χ4v) is 0.564. The molecule has 0 unspecified atom stereocenters. The van der Waals surface area contributed by atoms with E-state index in [0.717, 1.165) is 18.4 Å². The summed E-state index contributed by atoms with van der Waals surface area (Å²) in [4.78, 5) is 10.8. The van der Waals surface area contributed by atoms with Crippen LogP contribution in [0.1, 0.15) is 40.0 Å². The van der Waals surface area contributed by atoms with Crippen LogP contribution in [0.15, 0.2) is 11.8 Å². The van der Waals surface area contributed by atoms with Gasteiger partial charge in [0.15, 0.2) is 0 Å². The average Bonchev–Trinajstić information content (AvgIpc) is 1.97. The molecule has 0 N–H and O–H groups in total. The van der Waals surface area contributed by atoms with Crippen LogP contribution in [-0.2, 0) is 9.53 Å². The summed E-state index contributed by atoms with van der Waals surface area (Å²) in [7, 11) is 0. The lowest BCUT2D eigenvalue weighted by Gasteiger charge is -1.97. The predicted octanol–water partition coefficient (Wildman–Crippen LogP) is 2.64. The molecule has 0 bridgehead atoms. The van der Waals surface area contributed by atoms with E-state index < -0.39 is 0 Å². The normalized spacial score (nSPS) is 9.00. The van der Waals surface area contributed by atoms with E-state index in [1.54, 1.807) is 0 Å². The molecule has 0 amide bonds. The number of hydrogen-bond donors (Lipinski definition) is 0. The Hall–Kier alpha value is -0.790. The molecule has 11 heavy (non-hydrogen) atoms. The van der Waals surface area contributed by atoms with Crippen molar-refractivity contribution < 1.29 is 9.53 Å². The predicted molar refractivity (Wildman–Crippen MR) is 45.0 cm³/mol. The van der Waals surface area contributed by atoms with E-state index >= 15 is 0 Å². The van der Waals surface area contributed by atoms with E-state index in [0.29, 0.717) is 6.42 Å². The third kappa shape index (κ3) is 7.10. The second-order valence-corrected chi connectivity index (χ2v) is 2.79. The molecule has 0 heterocycles. The summed E-state index contributed by atoms with van der Waals surface area (Å²) in [6, 6.07) is 0. The molecule has 0 aliphatic carbocycles. The number of unbranched alkanes of at least 4 members (excludes halogenated alkanes) is 1. The molecule has 0 fully saturated rings. The van der Waals surface area contributed by atoms with E-state index in [-0.39, 0.29) is 5.97 Å². The van der Waals surface area contributed by atoms with Gasteiger partial charge in [0.25, 0.3) is 0 Å². The lowest BCUT2D eigenvalue weighted by atomic mass is 10.2. The summed E-state index contributed by atoms with van der Waals surface area (Å²) in [5.41, 5.74) is 1.01. The first-order chi connectivity index (χ1) is 5.16. The maximum Gasteiger partial charge on any atom is 0.310 e. The van der Waals surface area contributed by atoms with Crippen LogP contribution in [0.2, 0.25) is 0 Å². The van der Waals surface area contributed by atoms with Crippen molar-refractivity contribution in [2.24, 2.45) is 0 Å². The molecule has 0 rings (SSSR count). The van der Waals surface area contributed by atoms with Crippen molar-refractivity contribution in [3.05, 3.63) is 11.8 Å². The van der Waals surface area contributed by atoms with E-state index in [9.17, 15) is 4.79 Å². The number of hydrogen-bond acceptors (Lipinski definition) is 2. The molecule has 0 aromatic rings. The smallest absolute Gasteiger partial charge is 0.310 e. The molecule has 0 aromatic carbocycles. The molecule has 64 valence electrons. The lowest BCUT2D eigenvalue weighted by molar-refractivity contribution is -0.138. The Kier molecular flexibility index (Phi) is 5.53.